The van der Waals surface area contributed by atoms with E-state index in [9.17, 15) is 9.90 Å². The molecule has 1 saturated carbocycles. The number of aliphatic hydroxyl groups excluding tert-OH is 1. The highest BCUT2D eigenvalue weighted by atomic mass is 16.3. The van der Waals surface area contributed by atoms with Gasteiger partial charge in [-0.25, -0.2) is 0 Å². The third kappa shape index (κ3) is 5.47. The minimum Gasteiger partial charge on any atom is -0.393 e. The first-order valence-corrected chi connectivity index (χ1v) is 6.37. The van der Waals surface area contributed by atoms with Gasteiger partial charge in [-0.3, -0.25) is 4.79 Å². The Kier molecular flexibility index (Phi) is 6.42. The highest BCUT2D eigenvalue weighted by Gasteiger charge is 2.19. The van der Waals surface area contributed by atoms with Crippen molar-refractivity contribution in [3.8, 4) is 0 Å². The maximum Gasteiger partial charge on any atom is 0.233 e. The van der Waals surface area contributed by atoms with Crippen LogP contribution in [0.15, 0.2) is 0 Å². The molecule has 1 amide bonds. The Labute approximate surface area is 97.8 Å². The van der Waals surface area contributed by atoms with Crippen LogP contribution in [0.1, 0.15) is 39.0 Å². The number of carbonyl (C=O) groups excluding carboxylic acids is 1. The summed E-state index contributed by atoms with van der Waals surface area (Å²) in [5.74, 6) is 0.637. The van der Waals surface area contributed by atoms with Gasteiger partial charge >= 0.3 is 0 Å². The largest absolute Gasteiger partial charge is 0.393 e. The molecule has 1 fully saturated rings. The molecule has 0 heterocycles. The van der Waals surface area contributed by atoms with Crippen LogP contribution in [0.5, 0.6) is 0 Å². The summed E-state index contributed by atoms with van der Waals surface area (Å²) >= 11 is 0. The molecule has 94 valence electrons. The molecule has 0 saturated heterocycles. The van der Waals surface area contributed by atoms with Gasteiger partial charge in [0.05, 0.1) is 12.6 Å². The van der Waals surface area contributed by atoms with Gasteiger partial charge in [-0.05, 0) is 44.6 Å². The van der Waals surface area contributed by atoms with Gasteiger partial charge in [0.15, 0.2) is 0 Å². The van der Waals surface area contributed by atoms with E-state index in [0.29, 0.717) is 12.5 Å². The molecule has 0 atom stereocenters. The van der Waals surface area contributed by atoms with Crippen molar-refractivity contribution >= 4 is 5.91 Å². The van der Waals surface area contributed by atoms with Gasteiger partial charge in [0, 0.05) is 6.54 Å². The molecule has 0 unspecified atom stereocenters. The maximum atomic E-state index is 11.4. The first kappa shape index (κ1) is 13.5. The van der Waals surface area contributed by atoms with Gasteiger partial charge in [0.2, 0.25) is 5.91 Å². The van der Waals surface area contributed by atoms with E-state index in [1.165, 1.54) is 0 Å². The van der Waals surface area contributed by atoms with Crippen molar-refractivity contribution in [2.24, 2.45) is 5.92 Å². The molecule has 3 N–H and O–H groups in total. The molecule has 0 aromatic carbocycles. The van der Waals surface area contributed by atoms with E-state index in [1.807, 2.05) is 0 Å². The van der Waals surface area contributed by atoms with Crippen LogP contribution in [-0.2, 0) is 4.79 Å². The van der Waals surface area contributed by atoms with Crippen LogP contribution in [0, 0.1) is 5.92 Å². The first-order chi connectivity index (χ1) is 7.72. The van der Waals surface area contributed by atoms with Crippen LogP contribution in [-0.4, -0.2) is 36.8 Å². The van der Waals surface area contributed by atoms with Crippen molar-refractivity contribution in [1.29, 1.82) is 0 Å². The Morgan fingerprint density at radius 3 is 2.62 bits per heavy atom. The van der Waals surface area contributed by atoms with Crippen LogP contribution < -0.4 is 10.6 Å². The minimum absolute atomic E-state index is 0.0829. The molecule has 4 nitrogen and oxygen atoms in total. The van der Waals surface area contributed by atoms with Gasteiger partial charge < -0.3 is 15.7 Å². The van der Waals surface area contributed by atoms with Crippen molar-refractivity contribution in [2.45, 2.75) is 45.1 Å². The van der Waals surface area contributed by atoms with Crippen LogP contribution in [0.25, 0.3) is 0 Å². The summed E-state index contributed by atoms with van der Waals surface area (Å²) in [5.41, 5.74) is 0. The van der Waals surface area contributed by atoms with E-state index in [-0.39, 0.29) is 12.0 Å². The molecule has 16 heavy (non-hydrogen) atoms. The van der Waals surface area contributed by atoms with Crippen molar-refractivity contribution < 1.29 is 9.90 Å². The molecule has 1 aliphatic carbocycles. The summed E-state index contributed by atoms with van der Waals surface area (Å²) in [6.07, 6.45) is 4.77. The Bertz CT molecular complexity index is 201. The first-order valence-electron chi connectivity index (χ1n) is 6.37. The molecule has 4 heteroatoms. The zero-order valence-electron chi connectivity index (χ0n) is 10.2. The molecule has 0 bridgehead atoms. The zero-order valence-corrected chi connectivity index (χ0v) is 10.2. The van der Waals surface area contributed by atoms with Crippen molar-refractivity contribution in [1.82, 2.24) is 10.6 Å². The lowest BCUT2D eigenvalue weighted by molar-refractivity contribution is -0.120. The molecule has 0 spiro atoms. The Morgan fingerprint density at radius 2 is 2.00 bits per heavy atom. The quantitative estimate of drug-likeness (QED) is 0.585. The molecule has 1 aliphatic rings. The molecular formula is C12H24N2O2. The number of hydrogen-bond acceptors (Lipinski definition) is 3. The normalized spacial score (nSPS) is 25.4. The lowest BCUT2D eigenvalue weighted by Gasteiger charge is -2.25. The summed E-state index contributed by atoms with van der Waals surface area (Å²) in [4.78, 5) is 11.4. The van der Waals surface area contributed by atoms with E-state index >= 15 is 0 Å². The van der Waals surface area contributed by atoms with E-state index in [4.69, 9.17) is 0 Å². The second-order valence-corrected chi connectivity index (χ2v) is 4.66. The van der Waals surface area contributed by atoms with E-state index in [0.717, 1.165) is 45.2 Å². The summed E-state index contributed by atoms with van der Waals surface area (Å²) in [5, 5.41) is 15.4. The van der Waals surface area contributed by atoms with Crippen LogP contribution >= 0.6 is 0 Å². The Hall–Kier alpha value is -0.610. The predicted octanol–water partition coefficient (Wildman–Crippen LogP) is 0.653. The molecular weight excluding hydrogens is 204 g/mol. The average Bonchev–Trinajstić information content (AvgIpc) is 2.29. The fourth-order valence-corrected chi connectivity index (χ4v) is 2.05. The SMILES string of the molecule is CCCNCC(=O)NCC1CCC(O)CC1. The number of amides is 1. The second kappa shape index (κ2) is 7.63. The van der Waals surface area contributed by atoms with Gasteiger partial charge in [0.1, 0.15) is 0 Å². The fraction of sp³-hybridized carbons (Fsp3) is 0.917. The topological polar surface area (TPSA) is 61.4 Å². The Balaban J connectivity index is 2.03. The van der Waals surface area contributed by atoms with Gasteiger partial charge in [-0.15, -0.1) is 0 Å². The number of aliphatic hydroxyl groups is 1. The highest BCUT2D eigenvalue weighted by Crippen LogP contribution is 2.23. The number of rotatable bonds is 6. The molecule has 0 aliphatic heterocycles. The van der Waals surface area contributed by atoms with Crippen molar-refractivity contribution in [3.05, 3.63) is 0 Å². The van der Waals surface area contributed by atoms with E-state index < -0.39 is 0 Å². The lowest BCUT2D eigenvalue weighted by Crippen LogP contribution is -2.37. The lowest BCUT2D eigenvalue weighted by atomic mass is 9.87. The summed E-state index contributed by atoms with van der Waals surface area (Å²) in [6.45, 7) is 4.16. The smallest absolute Gasteiger partial charge is 0.233 e. The van der Waals surface area contributed by atoms with Crippen LogP contribution in [0.4, 0.5) is 0 Å². The van der Waals surface area contributed by atoms with Gasteiger partial charge in [0.25, 0.3) is 0 Å². The summed E-state index contributed by atoms with van der Waals surface area (Å²) in [7, 11) is 0. The third-order valence-corrected chi connectivity index (χ3v) is 3.12. The number of hydrogen-bond donors (Lipinski definition) is 3. The maximum absolute atomic E-state index is 11.4. The number of nitrogens with one attached hydrogen (secondary N) is 2. The third-order valence-electron chi connectivity index (χ3n) is 3.12. The Morgan fingerprint density at radius 1 is 1.31 bits per heavy atom. The summed E-state index contributed by atoms with van der Waals surface area (Å²) < 4.78 is 0. The fourth-order valence-electron chi connectivity index (χ4n) is 2.05. The monoisotopic (exact) mass is 228 g/mol. The second-order valence-electron chi connectivity index (χ2n) is 4.66. The molecule has 0 aromatic heterocycles. The zero-order chi connectivity index (χ0) is 11.8. The average molecular weight is 228 g/mol. The summed E-state index contributed by atoms with van der Waals surface area (Å²) in [6, 6.07) is 0. The minimum atomic E-state index is -0.113. The highest BCUT2D eigenvalue weighted by molar-refractivity contribution is 5.77. The van der Waals surface area contributed by atoms with Crippen LogP contribution in [0.3, 0.4) is 0 Å². The van der Waals surface area contributed by atoms with Gasteiger partial charge in [-0.2, -0.15) is 0 Å². The predicted molar refractivity (Wildman–Crippen MR) is 64.1 cm³/mol. The van der Waals surface area contributed by atoms with Crippen molar-refractivity contribution in [3.63, 3.8) is 0 Å². The van der Waals surface area contributed by atoms with Crippen LogP contribution in [0.2, 0.25) is 0 Å². The molecule has 1 rings (SSSR count). The molecule has 0 radical (unpaired) electrons. The van der Waals surface area contributed by atoms with E-state index in [1.54, 1.807) is 0 Å². The van der Waals surface area contributed by atoms with E-state index in [2.05, 4.69) is 17.6 Å². The van der Waals surface area contributed by atoms with Gasteiger partial charge in [-0.1, -0.05) is 6.92 Å². The number of carbonyl (C=O) groups is 1. The standard InChI is InChI=1S/C12H24N2O2/c1-2-7-13-9-12(16)14-8-10-3-5-11(15)6-4-10/h10-11,13,15H,2-9H2,1H3,(H,14,16). The molecule has 0 aromatic rings. The van der Waals surface area contributed by atoms with Crippen molar-refractivity contribution in [2.75, 3.05) is 19.6 Å².